The van der Waals surface area contributed by atoms with Gasteiger partial charge in [-0.3, -0.25) is 9.11 Å². The van der Waals surface area contributed by atoms with Crippen LogP contribution in [0.4, 0.5) is 11.4 Å². The van der Waals surface area contributed by atoms with E-state index in [0.29, 0.717) is 26.2 Å². The molecule has 9 nitrogen and oxygen atoms in total. The second kappa shape index (κ2) is 18.5. The minimum atomic E-state index is -4.30. The van der Waals surface area contributed by atoms with Crippen LogP contribution in [0.25, 0.3) is 5.57 Å². The number of allylic oxidation sites excluding steroid dienone is 5. The van der Waals surface area contributed by atoms with Crippen LogP contribution in [0.2, 0.25) is 0 Å². The molecule has 272 valence electrons. The van der Waals surface area contributed by atoms with Gasteiger partial charge in [0.15, 0.2) is 12.3 Å². The zero-order valence-corrected chi connectivity index (χ0v) is 34.6. The number of anilines is 2. The monoisotopic (exact) mass is 763 g/mol. The summed E-state index contributed by atoms with van der Waals surface area (Å²) >= 11 is 0. The minimum absolute atomic E-state index is 0. The topological polar surface area (TPSA) is 118 Å². The van der Waals surface area contributed by atoms with Gasteiger partial charge in [-0.1, -0.05) is 48.5 Å². The average molecular weight is 764 g/mol. The first kappa shape index (κ1) is 41.9. The molecule has 5 rings (SSSR count). The Morgan fingerprint density at radius 1 is 0.604 bits per heavy atom. The summed E-state index contributed by atoms with van der Waals surface area (Å²) in [6, 6.07) is 29.7. The second-order valence-electron chi connectivity index (χ2n) is 12.5. The molecule has 1 aliphatic rings. The summed E-state index contributed by atoms with van der Waals surface area (Å²) in [7, 11) is -8.59. The van der Waals surface area contributed by atoms with E-state index in [4.69, 9.17) is 0 Å². The molecule has 12 heteroatoms. The standard InChI is InChI=1S/C41H45N3O6S2.Na/c1-5-42(6-2)36-21-15-33(16-22-36)41(34-17-23-37(24-18-34)43(7-3)29-31-11-9-13-39(27-31)51(45,46)47)35-19-25-38(26-20-35)44(8-4)30-32-12-10-14-40(28-32)52(48,49)50;/h9-28H,5-8,29-30H2,1-4H3,(H-,45,46,47,48,49,50);/q;+1/p+1. The van der Waals surface area contributed by atoms with E-state index < -0.39 is 20.2 Å². The van der Waals surface area contributed by atoms with Gasteiger partial charge < -0.3 is 9.80 Å². The molecule has 53 heavy (non-hydrogen) atoms. The van der Waals surface area contributed by atoms with Gasteiger partial charge in [0, 0.05) is 55.3 Å². The van der Waals surface area contributed by atoms with Crippen LogP contribution in [0.3, 0.4) is 0 Å². The maximum atomic E-state index is 11.7. The molecule has 0 heterocycles. The van der Waals surface area contributed by atoms with Crippen molar-refractivity contribution < 1.29 is 60.1 Å². The molecule has 0 unspecified atom stereocenters. The average Bonchev–Trinajstić information content (AvgIpc) is 3.14. The summed E-state index contributed by atoms with van der Waals surface area (Å²) in [5.41, 5.74) is 8.86. The van der Waals surface area contributed by atoms with E-state index >= 15 is 0 Å². The van der Waals surface area contributed by atoms with Crippen molar-refractivity contribution in [2.24, 2.45) is 0 Å². The van der Waals surface area contributed by atoms with Crippen LogP contribution in [-0.4, -0.2) is 62.4 Å². The Hall–Kier alpha value is -3.81. The number of hydrogen-bond donors (Lipinski definition) is 2. The summed E-state index contributed by atoms with van der Waals surface area (Å²) in [5, 5.41) is 0. The molecule has 0 radical (unpaired) electrons. The predicted molar refractivity (Wildman–Crippen MR) is 209 cm³/mol. The quantitative estimate of drug-likeness (QED) is 0.108. The maximum Gasteiger partial charge on any atom is 1.00 e. The number of rotatable bonds is 14. The first-order valence-corrected chi connectivity index (χ1v) is 20.3. The van der Waals surface area contributed by atoms with Gasteiger partial charge in [0.25, 0.3) is 20.2 Å². The molecule has 0 spiro atoms. The van der Waals surface area contributed by atoms with Gasteiger partial charge in [0.1, 0.15) is 6.54 Å². The Morgan fingerprint density at radius 3 is 1.51 bits per heavy atom. The van der Waals surface area contributed by atoms with Gasteiger partial charge in [-0.25, -0.2) is 4.58 Å². The SMILES string of the molecule is CCN(CC)c1ccc(C(=C2C=CC(=[N+](CC)Cc3cccc(S(=O)(=O)O)c3)C=C2)c2ccc(N(CC)Cc3cccc(S(=O)(=O)O)c3)cc2)cc1.[Na+]. The summed E-state index contributed by atoms with van der Waals surface area (Å²) in [6.07, 6.45) is 8.36. The molecule has 0 bridgehead atoms. The Labute approximate surface area is 336 Å². The van der Waals surface area contributed by atoms with Crippen molar-refractivity contribution in [1.29, 1.82) is 0 Å². The van der Waals surface area contributed by atoms with Crippen molar-refractivity contribution in [3.63, 3.8) is 0 Å². The van der Waals surface area contributed by atoms with Gasteiger partial charge in [0.2, 0.25) is 0 Å². The van der Waals surface area contributed by atoms with Gasteiger partial charge in [-0.15, -0.1) is 0 Å². The molecule has 0 saturated heterocycles. The number of nitrogens with zero attached hydrogens (tertiary/aromatic N) is 3. The van der Waals surface area contributed by atoms with Crippen LogP contribution in [0.1, 0.15) is 49.9 Å². The predicted octanol–water partition coefficient (Wildman–Crippen LogP) is 4.66. The van der Waals surface area contributed by atoms with Crippen LogP contribution >= 0.6 is 0 Å². The number of benzene rings is 4. The smallest absolute Gasteiger partial charge is 0.372 e. The van der Waals surface area contributed by atoms with E-state index in [9.17, 15) is 25.9 Å². The molecule has 0 fully saturated rings. The molecular weight excluding hydrogens is 718 g/mol. The zero-order valence-electron chi connectivity index (χ0n) is 31.0. The molecular formula is C41H46N3NaO6S2+2. The Kier molecular flexibility index (Phi) is 14.6. The fraction of sp³-hybridized carbons (Fsp3) is 0.244. The Bertz CT molecular complexity index is 2230. The molecule has 0 aliphatic heterocycles. The summed E-state index contributed by atoms with van der Waals surface area (Å²) in [6.45, 7) is 12.5. The minimum Gasteiger partial charge on any atom is -0.372 e. The zero-order chi connectivity index (χ0) is 37.5. The fourth-order valence-electron chi connectivity index (χ4n) is 6.43. The van der Waals surface area contributed by atoms with Gasteiger partial charge in [0.05, 0.1) is 9.79 Å². The molecule has 0 saturated carbocycles. The van der Waals surface area contributed by atoms with E-state index in [1.807, 2.05) is 26.0 Å². The van der Waals surface area contributed by atoms with Gasteiger partial charge in [-0.05, 0) is 116 Å². The van der Waals surface area contributed by atoms with Crippen molar-refractivity contribution in [1.82, 2.24) is 0 Å². The van der Waals surface area contributed by atoms with Gasteiger partial charge in [-0.2, -0.15) is 16.8 Å². The van der Waals surface area contributed by atoms with E-state index in [0.717, 1.165) is 63.6 Å². The van der Waals surface area contributed by atoms with E-state index in [2.05, 4.69) is 101 Å². The van der Waals surface area contributed by atoms with Crippen LogP contribution in [0.15, 0.2) is 137 Å². The largest absolute Gasteiger partial charge is 1.00 e. The molecule has 4 aromatic carbocycles. The molecule has 1 aliphatic carbocycles. The maximum absolute atomic E-state index is 11.7. The van der Waals surface area contributed by atoms with Crippen LogP contribution < -0.4 is 39.4 Å². The first-order valence-electron chi connectivity index (χ1n) is 17.4. The van der Waals surface area contributed by atoms with E-state index in [1.54, 1.807) is 12.1 Å². The molecule has 0 aromatic heterocycles. The van der Waals surface area contributed by atoms with Crippen molar-refractivity contribution in [2.45, 2.75) is 50.6 Å². The summed E-state index contributed by atoms with van der Waals surface area (Å²) < 4.78 is 68.1. The first-order chi connectivity index (χ1) is 24.8. The number of hydrogen-bond acceptors (Lipinski definition) is 6. The molecule has 4 aromatic rings. The molecule has 0 atom stereocenters. The van der Waals surface area contributed by atoms with Crippen molar-refractivity contribution in [3.05, 3.63) is 149 Å². The second-order valence-corrected chi connectivity index (χ2v) is 15.3. The third kappa shape index (κ3) is 10.7. The van der Waals surface area contributed by atoms with E-state index in [-0.39, 0.29) is 39.3 Å². The van der Waals surface area contributed by atoms with Crippen molar-refractivity contribution in [3.8, 4) is 0 Å². The third-order valence-corrected chi connectivity index (χ3v) is 10.9. The Morgan fingerprint density at radius 2 is 1.06 bits per heavy atom. The normalized spacial score (nSPS) is 12.7. The third-order valence-electron chi connectivity index (χ3n) is 9.23. The van der Waals surface area contributed by atoms with Crippen molar-refractivity contribution >= 4 is 42.9 Å². The Balaban J connectivity index is 0.00000627. The van der Waals surface area contributed by atoms with Crippen LogP contribution in [0.5, 0.6) is 0 Å². The fourth-order valence-corrected chi connectivity index (χ4v) is 7.53. The van der Waals surface area contributed by atoms with E-state index in [1.165, 1.54) is 24.3 Å². The van der Waals surface area contributed by atoms with Crippen molar-refractivity contribution in [2.75, 3.05) is 36.0 Å². The summed E-state index contributed by atoms with van der Waals surface area (Å²) in [4.78, 5) is 4.21. The molecule has 0 amide bonds. The molecule has 2 N–H and O–H groups in total. The van der Waals surface area contributed by atoms with Crippen LogP contribution in [-0.2, 0) is 33.3 Å². The van der Waals surface area contributed by atoms with Crippen LogP contribution in [0, 0.1) is 0 Å². The van der Waals surface area contributed by atoms with Gasteiger partial charge >= 0.3 is 29.6 Å². The summed E-state index contributed by atoms with van der Waals surface area (Å²) in [5.74, 6) is 0.